The molecule has 1 atom stereocenters. The SMILES string of the molecule is CCC.CNC(=O)C1CCCO1.[HH]. The quantitative estimate of drug-likeness (QED) is 0.657. The summed E-state index contributed by atoms with van der Waals surface area (Å²) in [5.74, 6) is 0.00694. The van der Waals surface area contributed by atoms with Gasteiger partial charge in [0, 0.05) is 15.1 Å². The predicted molar refractivity (Wildman–Crippen MR) is 51.1 cm³/mol. The third-order valence-electron chi connectivity index (χ3n) is 1.47. The van der Waals surface area contributed by atoms with Gasteiger partial charge in [0.1, 0.15) is 6.10 Å². The van der Waals surface area contributed by atoms with Gasteiger partial charge in [-0.05, 0) is 12.8 Å². The number of hydrogen-bond acceptors (Lipinski definition) is 2. The molecule has 1 amide bonds. The summed E-state index contributed by atoms with van der Waals surface area (Å²) in [6, 6.07) is 0. The minimum Gasteiger partial charge on any atom is -0.368 e. The Balaban J connectivity index is 0. The molecule has 1 aliphatic rings. The molecule has 0 saturated carbocycles. The van der Waals surface area contributed by atoms with E-state index in [9.17, 15) is 4.79 Å². The molecule has 1 fully saturated rings. The maximum Gasteiger partial charge on any atom is 0.248 e. The highest BCUT2D eigenvalue weighted by Gasteiger charge is 2.21. The Bertz CT molecular complexity index is 125. The van der Waals surface area contributed by atoms with Crippen LogP contribution in [0.4, 0.5) is 0 Å². The lowest BCUT2D eigenvalue weighted by Crippen LogP contribution is -2.30. The normalized spacial score (nSPS) is 21.1. The minimum atomic E-state index is -0.171. The number of rotatable bonds is 1. The second kappa shape index (κ2) is 7.10. The number of amides is 1. The fourth-order valence-corrected chi connectivity index (χ4v) is 0.945. The average molecular weight is 175 g/mol. The Kier molecular flexibility index (Phi) is 6.76. The van der Waals surface area contributed by atoms with E-state index in [1.807, 2.05) is 0 Å². The van der Waals surface area contributed by atoms with Crippen LogP contribution in [0.2, 0.25) is 0 Å². The Hall–Kier alpha value is -0.570. The Morgan fingerprint density at radius 1 is 1.67 bits per heavy atom. The van der Waals surface area contributed by atoms with Crippen LogP contribution in [-0.2, 0) is 9.53 Å². The fourth-order valence-electron chi connectivity index (χ4n) is 0.945. The summed E-state index contributed by atoms with van der Waals surface area (Å²) >= 11 is 0. The first kappa shape index (κ1) is 11.4. The predicted octanol–water partition coefficient (Wildman–Crippen LogP) is 1.57. The van der Waals surface area contributed by atoms with Gasteiger partial charge in [-0.15, -0.1) is 0 Å². The van der Waals surface area contributed by atoms with Gasteiger partial charge in [-0.25, -0.2) is 0 Å². The van der Waals surface area contributed by atoms with E-state index < -0.39 is 0 Å². The van der Waals surface area contributed by atoms with Crippen LogP contribution >= 0.6 is 0 Å². The highest BCUT2D eigenvalue weighted by Crippen LogP contribution is 2.10. The molecule has 0 aromatic carbocycles. The summed E-state index contributed by atoms with van der Waals surface area (Å²) in [6.07, 6.45) is 2.97. The molecule has 1 saturated heterocycles. The van der Waals surface area contributed by atoms with Gasteiger partial charge in [-0.3, -0.25) is 4.79 Å². The van der Waals surface area contributed by atoms with Crippen molar-refractivity contribution >= 4 is 5.91 Å². The summed E-state index contributed by atoms with van der Waals surface area (Å²) in [5, 5.41) is 2.54. The van der Waals surface area contributed by atoms with Crippen molar-refractivity contribution in [3.8, 4) is 0 Å². The van der Waals surface area contributed by atoms with Crippen LogP contribution in [-0.4, -0.2) is 25.7 Å². The van der Waals surface area contributed by atoms with Crippen LogP contribution in [0.1, 0.15) is 34.5 Å². The largest absolute Gasteiger partial charge is 0.368 e. The number of carbonyl (C=O) groups excluding carboxylic acids is 1. The monoisotopic (exact) mass is 175 g/mol. The zero-order chi connectivity index (χ0) is 9.40. The first-order valence-electron chi connectivity index (χ1n) is 4.59. The van der Waals surface area contributed by atoms with Crippen molar-refractivity contribution in [3.63, 3.8) is 0 Å². The Morgan fingerprint density at radius 2 is 2.25 bits per heavy atom. The van der Waals surface area contributed by atoms with Gasteiger partial charge in [0.05, 0.1) is 0 Å². The molecule has 1 aliphatic heterocycles. The molecule has 1 rings (SSSR count). The molecule has 3 heteroatoms. The van der Waals surface area contributed by atoms with Gasteiger partial charge in [0.15, 0.2) is 0 Å². The summed E-state index contributed by atoms with van der Waals surface area (Å²) in [6.45, 7) is 4.98. The van der Waals surface area contributed by atoms with Crippen molar-refractivity contribution in [3.05, 3.63) is 0 Å². The van der Waals surface area contributed by atoms with E-state index in [1.54, 1.807) is 7.05 Å². The van der Waals surface area contributed by atoms with E-state index >= 15 is 0 Å². The zero-order valence-electron chi connectivity index (χ0n) is 8.22. The van der Waals surface area contributed by atoms with Crippen LogP contribution < -0.4 is 5.32 Å². The first-order valence-corrected chi connectivity index (χ1v) is 4.59. The molecule has 1 heterocycles. The minimum absolute atomic E-state index is 0. The van der Waals surface area contributed by atoms with Gasteiger partial charge >= 0.3 is 0 Å². The standard InChI is InChI=1S/C6H11NO2.C3H8.H2/c1-7-6(8)5-3-2-4-9-5;1-3-2;/h5H,2-4H2,1H3,(H,7,8);3H2,1-2H3;1H. The van der Waals surface area contributed by atoms with Crippen LogP contribution in [0.5, 0.6) is 0 Å². The van der Waals surface area contributed by atoms with E-state index in [0.29, 0.717) is 0 Å². The van der Waals surface area contributed by atoms with E-state index in [1.165, 1.54) is 6.42 Å². The first-order chi connectivity index (χ1) is 5.76. The van der Waals surface area contributed by atoms with Crippen LogP contribution in [0.25, 0.3) is 0 Å². The van der Waals surface area contributed by atoms with Gasteiger partial charge in [0.25, 0.3) is 0 Å². The summed E-state index contributed by atoms with van der Waals surface area (Å²) in [4.78, 5) is 10.8. The highest BCUT2D eigenvalue weighted by atomic mass is 16.5. The molecule has 1 N–H and O–H groups in total. The molecule has 0 aromatic rings. The van der Waals surface area contributed by atoms with Crippen molar-refractivity contribution < 1.29 is 11.0 Å². The molecule has 0 aliphatic carbocycles. The number of likely N-dealkylation sites (N-methyl/N-ethyl adjacent to an activating group) is 1. The maximum absolute atomic E-state index is 10.8. The van der Waals surface area contributed by atoms with Gasteiger partial charge in [-0.1, -0.05) is 20.3 Å². The molecule has 74 valence electrons. The van der Waals surface area contributed by atoms with Crippen molar-refractivity contribution in [2.24, 2.45) is 0 Å². The topological polar surface area (TPSA) is 38.3 Å². The lowest BCUT2D eigenvalue weighted by molar-refractivity contribution is -0.129. The van der Waals surface area contributed by atoms with E-state index in [-0.39, 0.29) is 13.4 Å². The Morgan fingerprint density at radius 3 is 2.58 bits per heavy atom. The van der Waals surface area contributed by atoms with E-state index in [2.05, 4.69) is 19.2 Å². The number of nitrogens with one attached hydrogen (secondary N) is 1. The van der Waals surface area contributed by atoms with Gasteiger partial charge in [0.2, 0.25) is 5.91 Å². The van der Waals surface area contributed by atoms with Crippen molar-refractivity contribution in [2.75, 3.05) is 13.7 Å². The second-order valence-electron chi connectivity index (χ2n) is 2.82. The summed E-state index contributed by atoms with van der Waals surface area (Å²) in [5.41, 5.74) is 0. The number of ether oxygens (including phenoxy) is 1. The van der Waals surface area contributed by atoms with Crippen molar-refractivity contribution in [2.45, 2.75) is 39.2 Å². The highest BCUT2D eigenvalue weighted by molar-refractivity contribution is 5.80. The lowest BCUT2D eigenvalue weighted by atomic mass is 10.2. The van der Waals surface area contributed by atoms with Crippen LogP contribution in [0, 0.1) is 0 Å². The van der Waals surface area contributed by atoms with E-state index in [4.69, 9.17) is 4.74 Å². The molecule has 0 bridgehead atoms. The van der Waals surface area contributed by atoms with Crippen LogP contribution in [0.15, 0.2) is 0 Å². The van der Waals surface area contributed by atoms with Gasteiger partial charge in [-0.2, -0.15) is 0 Å². The summed E-state index contributed by atoms with van der Waals surface area (Å²) in [7, 11) is 1.63. The second-order valence-corrected chi connectivity index (χ2v) is 2.82. The maximum atomic E-state index is 10.8. The number of carbonyl (C=O) groups is 1. The zero-order valence-corrected chi connectivity index (χ0v) is 8.22. The Labute approximate surface area is 76.0 Å². The number of hydrogen-bond donors (Lipinski definition) is 1. The molecular weight excluding hydrogens is 154 g/mol. The molecule has 1 unspecified atom stereocenters. The average Bonchev–Trinajstić information content (AvgIpc) is 2.56. The molecule has 3 nitrogen and oxygen atoms in total. The summed E-state index contributed by atoms with van der Waals surface area (Å²) < 4.78 is 5.09. The van der Waals surface area contributed by atoms with Crippen molar-refractivity contribution in [1.82, 2.24) is 5.32 Å². The van der Waals surface area contributed by atoms with Crippen molar-refractivity contribution in [1.29, 1.82) is 0 Å². The molecule has 12 heavy (non-hydrogen) atoms. The lowest BCUT2D eigenvalue weighted by Gasteiger charge is -2.05. The van der Waals surface area contributed by atoms with Crippen LogP contribution in [0.3, 0.4) is 0 Å². The molecule has 0 spiro atoms. The van der Waals surface area contributed by atoms with E-state index in [0.717, 1.165) is 19.4 Å². The molecular formula is C9H21NO2. The third kappa shape index (κ3) is 4.34. The third-order valence-corrected chi connectivity index (χ3v) is 1.47. The smallest absolute Gasteiger partial charge is 0.248 e. The fraction of sp³-hybridized carbons (Fsp3) is 0.889. The van der Waals surface area contributed by atoms with Gasteiger partial charge < -0.3 is 10.1 Å². The molecule has 0 aromatic heterocycles. The molecule has 0 radical (unpaired) electrons.